The summed E-state index contributed by atoms with van der Waals surface area (Å²) < 4.78 is 5.01. The molecule has 0 aliphatic heterocycles. The van der Waals surface area contributed by atoms with Gasteiger partial charge in [-0.25, -0.2) is 9.78 Å². The number of rotatable bonds is 5. The molecule has 0 spiro atoms. The molecule has 10 heteroatoms. The minimum Gasteiger partial charge on any atom is -0.449 e. The van der Waals surface area contributed by atoms with Gasteiger partial charge in [-0.2, -0.15) is 0 Å². The van der Waals surface area contributed by atoms with Gasteiger partial charge in [-0.15, -0.1) is 0 Å². The Balaban J connectivity index is 2.54. The van der Waals surface area contributed by atoms with Crippen molar-refractivity contribution in [3.05, 3.63) is 50.9 Å². The smallest absolute Gasteiger partial charge is 0.414 e. The van der Waals surface area contributed by atoms with Crippen LogP contribution in [0, 0.1) is 17.0 Å². The SMILES string of the molecule is CCOC(=O)N(Cc1ccc(C)nc1)c1cc(Cl)nc(N)c1[N+](=O)[O-]. The highest BCUT2D eigenvalue weighted by atomic mass is 35.5. The first kappa shape index (κ1) is 18.4. The number of aromatic nitrogens is 2. The van der Waals surface area contributed by atoms with Crippen LogP contribution in [0.2, 0.25) is 5.15 Å². The maximum absolute atomic E-state index is 12.4. The molecule has 0 bridgehead atoms. The highest BCUT2D eigenvalue weighted by Crippen LogP contribution is 2.36. The summed E-state index contributed by atoms with van der Waals surface area (Å²) in [6.45, 7) is 3.54. The van der Waals surface area contributed by atoms with Crippen LogP contribution >= 0.6 is 11.6 Å². The van der Waals surface area contributed by atoms with Crippen molar-refractivity contribution in [1.82, 2.24) is 9.97 Å². The van der Waals surface area contributed by atoms with E-state index in [1.165, 1.54) is 6.07 Å². The van der Waals surface area contributed by atoms with Crippen LogP contribution in [-0.4, -0.2) is 27.6 Å². The van der Waals surface area contributed by atoms with E-state index in [9.17, 15) is 14.9 Å². The molecule has 0 unspecified atom stereocenters. The lowest BCUT2D eigenvalue weighted by atomic mass is 10.2. The Labute approximate surface area is 148 Å². The fourth-order valence-corrected chi connectivity index (χ4v) is 2.32. The fourth-order valence-electron chi connectivity index (χ4n) is 2.13. The second kappa shape index (κ2) is 7.75. The van der Waals surface area contributed by atoms with Crippen molar-refractivity contribution >= 4 is 34.9 Å². The summed E-state index contributed by atoms with van der Waals surface area (Å²) in [6.07, 6.45) is 0.798. The van der Waals surface area contributed by atoms with E-state index in [4.69, 9.17) is 22.1 Å². The molecule has 0 saturated heterocycles. The number of carbonyl (C=O) groups is 1. The molecule has 0 saturated carbocycles. The number of halogens is 1. The van der Waals surface area contributed by atoms with Gasteiger partial charge in [0.15, 0.2) is 0 Å². The number of hydrogen-bond acceptors (Lipinski definition) is 7. The highest BCUT2D eigenvalue weighted by molar-refractivity contribution is 6.30. The van der Waals surface area contributed by atoms with Crippen LogP contribution in [0.15, 0.2) is 24.4 Å². The molecule has 25 heavy (non-hydrogen) atoms. The lowest BCUT2D eigenvalue weighted by Crippen LogP contribution is -2.32. The van der Waals surface area contributed by atoms with Gasteiger partial charge >= 0.3 is 11.8 Å². The number of anilines is 2. The molecule has 0 aromatic carbocycles. The van der Waals surface area contributed by atoms with Crippen LogP contribution in [0.4, 0.5) is 22.0 Å². The predicted octanol–water partition coefficient (Wildman–Crippen LogP) is 3.09. The molecule has 1 amide bonds. The zero-order valence-electron chi connectivity index (χ0n) is 13.6. The van der Waals surface area contributed by atoms with E-state index in [-0.39, 0.29) is 29.8 Å². The van der Waals surface area contributed by atoms with Crippen LogP contribution in [0.25, 0.3) is 0 Å². The number of amides is 1. The molecule has 2 rings (SSSR count). The quantitative estimate of drug-likeness (QED) is 0.490. The van der Waals surface area contributed by atoms with Gasteiger partial charge in [0, 0.05) is 18.0 Å². The van der Waals surface area contributed by atoms with Crippen molar-refractivity contribution in [3.63, 3.8) is 0 Å². The lowest BCUT2D eigenvalue weighted by molar-refractivity contribution is -0.383. The fraction of sp³-hybridized carbons (Fsp3) is 0.267. The standard InChI is InChI=1S/C15H16ClN5O4/c1-3-25-15(22)20(8-10-5-4-9(2)18-7-10)11-6-12(16)19-14(17)13(11)21(23)24/h4-7H,3,8H2,1-2H3,(H2,17,19). The summed E-state index contributed by atoms with van der Waals surface area (Å²) in [5, 5.41) is 11.3. The summed E-state index contributed by atoms with van der Waals surface area (Å²) in [4.78, 5) is 31.9. The van der Waals surface area contributed by atoms with Crippen molar-refractivity contribution in [1.29, 1.82) is 0 Å². The highest BCUT2D eigenvalue weighted by Gasteiger charge is 2.29. The van der Waals surface area contributed by atoms with Crippen LogP contribution in [0.5, 0.6) is 0 Å². The van der Waals surface area contributed by atoms with Gasteiger partial charge in [0.25, 0.3) is 0 Å². The maximum atomic E-state index is 12.4. The van der Waals surface area contributed by atoms with Crippen molar-refractivity contribution in [2.45, 2.75) is 20.4 Å². The summed E-state index contributed by atoms with van der Waals surface area (Å²) in [7, 11) is 0. The third-order valence-electron chi connectivity index (χ3n) is 3.24. The minimum atomic E-state index is -0.771. The van der Waals surface area contributed by atoms with E-state index in [1.807, 2.05) is 6.92 Å². The largest absolute Gasteiger partial charge is 0.449 e. The van der Waals surface area contributed by atoms with Crippen molar-refractivity contribution in [2.75, 3.05) is 17.2 Å². The summed E-state index contributed by atoms with van der Waals surface area (Å²) in [6, 6.07) is 4.72. The molecule has 0 atom stereocenters. The van der Waals surface area contributed by atoms with Gasteiger partial charge in [-0.05, 0) is 25.5 Å². The normalized spacial score (nSPS) is 10.4. The average Bonchev–Trinajstić information content (AvgIpc) is 2.53. The topological polar surface area (TPSA) is 124 Å². The van der Waals surface area contributed by atoms with Crippen LogP contribution in [0.3, 0.4) is 0 Å². The Morgan fingerprint density at radius 1 is 1.48 bits per heavy atom. The van der Waals surface area contributed by atoms with E-state index in [1.54, 1.807) is 25.3 Å². The molecule has 0 radical (unpaired) electrons. The van der Waals surface area contributed by atoms with Crippen molar-refractivity contribution < 1.29 is 14.5 Å². The summed E-state index contributed by atoms with van der Waals surface area (Å²) in [5.74, 6) is -0.385. The number of nitrogens with zero attached hydrogens (tertiary/aromatic N) is 4. The van der Waals surface area contributed by atoms with Gasteiger partial charge in [0.2, 0.25) is 5.82 Å². The third kappa shape index (κ3) is 4.32. The molecule has 2 aromatic heterocycles. The minimum absolute atomic E-state index is 0.00721. The second-order valence-corrected chi connectivity index (χ2v) is 5.44. The monoisotopic (exact) mass is 365 g/mol. The van der Waals surface area contributed by atoms with Gasteiger partial charge < -0.3 is 10.5 Å². The van der Waals surface area contributed by atoms with E-state index in [0.29, 0.717) is 5.56 Å². The molecule has 0 fully saturated rings. The number of nitrogen functional groups attached to an aromatic ring is 1. The van der Waals surface area contributed by atoms with E-state index in [2.05, 4.69) is 9.97 Å². The second-order valence-electron chi connectivity index (χ2n) is 5.05. The average molecular weight is 366 g/mol. The molecule has 2 aromatic rings. The van der Waals surface area contributed by atoms with E-state index >= 15 is 0 Å². The Morgan fingerprint density at radius 3 is 2.76 bits per heavy atom. The Bertz CT molecular complexity index is 797. The van der Waals surface area contributed by atoms with Crippen LogP contribution in [0.1, 0.15) is 18.2 Å². The number of carbonyl (C=O) groups excluding carboxylic acids is 1. The number of aryl methyl sites for hydroxylation is 1. The first-order chi connectivity index (χ1) is 11.8. The van der Waals surface area contributed by atoms with E-state index < -0.39 is 16.7 Å². The molecule has 9 nitrogen and oxygen atoms in total. The third-order valence-corrected chi connectivity index (χ3v) is 3.44. The van der Waals surface area contributed by atoms with Crippen molar-refractivity contribution in [3.8, 4) is 0 Å². The zero-order valence-corrected chi connectivity index (χ0v) is 14.4. The van der Waals surface area contributed by atoms with Crippen molar-refractivity contribution in [2.24, 2.45) is 0 Å². The molecular weight excluding hydrogens is 350 g/mol. The summed E-state index contributed by atoms with van der Waals surface area (Å²) >= 11 is 5.87. The first-order valence-corrected chi connectivity index (χ1v) is 7.67. The lowest BCUT2D eigenvalue weighted by Gasteiger charge is -2.22. The first-order valence-electron chi connectivity index (χ1n) is 7.29. The van der Waals surface area contributed by atoms with Gasteiger partial charge in [-0.1, -0.05) is 17.7 Å². The molecular formula is C15H16ClN5O4. The Hall–Kier alpha value is -2.94. The summed E-state index contributed by atoms with van der Waals surface area (Å²) in [5.41, 5.74) is 6.46. The van der Waals surface area contributed by atoms with Gasteiger partial charge in [-0.3, -0.25) is 20.0 Å². The Kier molecular flexibility index (Phi) is 5.71. The number of nitro groups is 1. The molecule has 2 heterocycles. The van der Waals surface area contributed by atoms with E-state index in [0.717, 1.165) is 10.6 Å². The number of nitrogens with two attached hydrogens (primary N) is 1. The molecule has 132 valence electrons. The van der Waals surface area contributed by atoms with Crippen LogP contribution in [-0.2, 0) is 11.3 Å². The molecule has 0 aliphatic carbocycles. The van der Waals surface area contributed by atoms with Crippen LogP contribution < -0.4 is 10.6 Å². The molecule has 2 N–H and O–H groups in total. The molecule has 0 aliphatic rings. The number of pyridine rings is 2. The number of hydrogen-bond donors (Lipinski definition) is 1. The van der Waals surface area contributed by atoms with Gasteiger partial charge in [0.05, 0.1) is 18.1 Å². The maximum Gasteiger partial charge on any atom is 0.414 e. The predicted molar refractivity (Wildman–Crippen MR) is 92.5 cm³/mol. The van der Waals surface area contributed by atoms with Gasteiger partial charge in [0.1, 0.15) is 10.8 Å². The Morgan fingerprint density at radius 2 is 2.20 bits per heavy atom. The number of ether oxygens (including phenoxy) is 1. The zero-order chi connectivity index (χ0) is 18.6.